The minimum Gasteiger partial charge on any atom is -0.378 e. The minimum atomic E-state index is 0. The summed E-state index contributed by atoms with van der Waals surface area (Å²) in [5, 5.41) is 2.98. The molecule has 2 unspecified atom stereocenters. The first-order valence-corrected chi connectivity index (χ1v) is 7.77. The Balaban J connectivity index is 0.00000361. The van der Waals surface area contributed by atoms with Crippen LogP contribution in [0.15, 0.2) is 0 Å². The lowest BCUT2D eigenvalue weighted by Gasteiger charge is -2.23. The zero-order valence-electron chi connectivity index (χ0n) is 12.9. The number of nitrogens with one attached hydrogen (secondary N) is 1. The van der Waals surface area contributed by atoms with Crippen LogP contribution in [0.1, 0.15) is 58.8 Å². The fourth-order valence-corrected chi connectivity index (χ4v) is 2.80. The zero-order chi connectivity index (χ0) is 14.1. The van der Waals surface area contributed by atoms with Gasteiger partial charge in [-0.2, -0.15) is 0 Å². The number of rotatable bonds is 9. The Morgan fingerprint density at radius 3 is 2.55 bits per heavy atom. The van der Waals surface area contributed by atoms with E-state index in [0.29, 0.717) is 18.4 Å². The van der Waals surface area contributed by atoms with Gasteiger partial charge < -0.3 is 15.8 Å². The summed E-state index contributed by atoms with van der Waals surface area (Å²) in [6, 6.07) is 0.0976. The maximum Gasteiger partial charge on any atom is 0.220 e. The van der Waals surface area contributed by atoms with E-state index in [1.807, 2.05) is 13.8 Å². The fourth-order valence-electron chi connectivity index (χ4n) is 2.80. The summed E-state index contributed by atoms with van der Waals surface area (Å²) in [5.41, 5.74) is 5.64. The van der Waals surface area contributed by atoms with Crippen LogP contribution in [0.25, 0.3) is 0 Å². The topological polar surface area (TPSA) is 64.3 Å². The molecule has 120 valence electrons. The molecule has 2 atom stereocenters. The van der Waals surface area contributed by atoms with Gasteiger partial charge in [0.25, 0.3) is 0 Å². The number of hydrogen-bond acceptors (Lipinski definition) is 3. The van der Waals surface area contributed by atoms with Gasteiger partial charge in [-0.25, -0.2) is 0 Å². The van der Waals surface area contributed by atoms with Crippen LogP contribution in [-0.4, -0.2) is 31.2 Å². The maximum absolute atomic E-state index is 11.6. The molecule has 0 aliphatic heterocycles. The van der Waals surface area contributed by atoms with Gasteiger partial charge >= 0.3 is 0 Å². The van der Waals surface area contributed by atoms with Crippen LogP contribution in [-0.2, 0) is 9.53 Å². The van der Waals surface area contributed by atoms with E-state index < -0.39 is 0 Å². The monoisotopic (exact) mass is 306 g/mol. The molecule has 0 saturated heterocycles. The van der Waals surface area contributed by atoms with Gasteiger partial charge in [-0.1, -0.05) is 12.8 Å². The van der Waals surface area contributed by atoms with E-state index in [1.54, 1.807) is 0 Å². The Hall–Kier alpha value is -0.320. The minimum absolute atomic E-state index is 0. The molecule has 0 aromatic rings. The van der Waals surface area contributed by atoms with Crippen LogP contribution in [0.3, 0.4) is 0 Å². The normalized spacial score (nSPS) is 18.4. The molecule has 1 aliphatic carbocycles. The van der Waals surface area contributed by atoms with E-state index >= 15 is 0 Å². The Bertz CT molecular complexity index is 256. The van der Waals surface area contributed by atoms with Crippen molar-refractivity contribution >= 4 is 18.3 Å². The molecule has 0 radical (unpaired) electrons. The largest absolute Gasteiger partial charge is 0.378 e. The summed E-state index contributed by atoms with van der Waals surface area (Å²) in [5.74, 6) is 0.805. The van der Waals surface area contributed by atoms with Crippen LogP contribution < -0.4 is 11.1 Å². The summed E-state index contributed by atoms with van der Waals surface area (Å²) >= 11 is 0. The molecule has 1 amide bonds. The van der Waals surface area contributed by atoms with Crippen molar-refractivity contribution in [2.75, 3.05) is 13.2 Å². The molecule has 0 spiro atoms. The van der Waals surface area contributed by atoms with Crippen LogP contribution in [0.2, 0.25) is 0 Å². The molecule has 3 N–H and O–H groups in total. The summed E-state index contributed by atoms with van der Waals surface area (Å²) in [6.07, 6.45) is 7.75. The lowest BCUT2D eigenvalue weighted by atomic mass is 9.98. The molecule has 1 fully saturated rings. The molecule has 5 heteroatoms. The van der Waals surface area contributed by atoms with Crippen molar-refractivity contribution in [1.29, 1.82) is 0 Å². The number of amides is 1. The zero-order valence-corrected chi connectivity index (χ0v) is 13.7. The highest BCUT2D eigenvalue weighted by Gasteiger charge is 2.25. The van der Waals surface area contributed by atoms with Crippen molar-refractivity contribution < 1.29 is 9.53 Å². The number of nitrogens with two attached hydrogens (primary N) is 1. The number of halogens is 1. The van der Waals surface area contributed by atoms with Crippen LogP contribution >= 0.6 is 12.4 Å². The molecule has 1 saturated carbocycles. The van der Waals surface area contributed by atoms with Gasteiger partial charge in [0.05, 0.1) is 6.10 Å². The smallest absolute Gasteiger partial charge is 0.220 e. The van der Waals surface area contributed by atoms with Crippen molar-refractivity contribution in [2.24, 2.45) is 11.7 Å². The van der Waals surface area contributed by atoms with Crippen LogP contribution in [0.4, 0.5) is 0 Å². The highest BCUT2D eigenvalue weighted by molar-refractivity contribution is 5.85. The van der Waals surface area contributed by atoms with E-state index in [9.17, 15) is 4.79 Å². The first kappa shape index (κ1) is 19.7. The first-order valence-electron chi connectivity index (χ1n) is 7.77. The van der Waals surface area contributed by atoms with Crippen molar-refractivity contribution in [1.82, 2.24) is 5.32 Å². The SMILES string of the molecule is CCOC(CCNC(=O)CCC(C)N)C1CCCC1.Cl. The average Bonchev–Trinajstić information content (AvgIpc) is 2.89. The molecule has 0 heterocycles. The molecular weight excluding hydrogens is 276 g/mol. The Morgan fingerprint density at radius 1 is 1.35 bits per heavy atom. The van der Waals surface area contributed by atoms with Gasteiger partial charge in [-0.3, -0.25) is 4.79 Å². The van der Waals surface area contributed by atoms with Crippen molar-refractivity contribution in [3.05, 3.63) is 0 Å². The van der Waals surface area contributed by atoms with E-state index in [1.165, 1.54) is 25.7 Å². The Labute approximate surface area is 129 Å². The van der Waals surface area contributed by atoms with Gasteiger partial charge in [0.2, 0.25) is 5.91 Å². The second-order valence-corrected chi connectivity index (χ2v) is 5.69. The van der Waals surface area contributed by atoms with E-state index in [-0.39, 0.29) is 24.4 Å². The Kier molecular flexibility index (Phi) is 11.2. The van der Waals surface area contributed by atoms with Crippen LogP contribution in [0, 0.1) is 5.92 Å². The van der Waals surface area contributed by atoms with E-state index in [2.05, 4.69) is 5.32 Å². The van der Waals surface area contributed by atoms with Crippen molar-refractivity contribution in [3.63, 3.8) is 0 Å². The lowest BCUT2D eigenvalue weighted by Crippen LogP contribution is -2.31. The third-order valence-electron chi connectivity index (χ3n) is 3.88. The highest BCUT2D eigenvalue weighted by Crippen LogP contribution is 2.30. The first-order chi connectivity index (χ1) is 9.13. The van der Waals surface area contributed by atoms with Gasteiger partial charge in [-0.15, -0.1) is 12.4 Å². The molecule has 0 aromatic heterocycles. The van der Waals surface area contributed by atoms with E-state index in [4.69, 9.17) is 10.5 Å². The molecule has 4 nitrogen and oxygen atoms in total. The molecular formula is C15H31ClN2O2. The van der Waals surface area contributed by atoms with Gasteiger partial charge in [0.15, 0.2) is 0 Å². The summed E-state index contributed by atoms with van der Waals surface area (Å²) < 4.78 is 5.83. The summed E-state index contributed by atoms with van der Waals surface area (Å²) in [4.78, 5) is 11.6. The number of ether oxygens (including phenoxy) is 1. The van der Waals surface area contributed by atoms with Gasteiger partial charge in [0.1, 0.15) is 0 Å². The number of carbonyl (C=O) groups is 1. The molecule has 20 heavy (non-hydrogen) atoms. The lowest BCUT2D eigenvalue weighted by molar-refractivity contribution is -0.121. The summed E-state index contributed by atoms with van der Waals surface area (Å²) in [6.45, 7) is 5.46. The standard InChI is InChI=1S/C15H30N2O2.ClH/c1-3-19-14(13-6-4-5-7-13)10-11-17-15(18)9-8-12(2)16;/h12-14H,3-11,16H2,1-2H3,(H,17,18);1H. The third-order valence-corrected chi connectivity index (χ3v) is 3.88. The van der Waals surface area contributed by atoms with Crippen LogP contribution in [0.5, 0.6) is 0 Å². The highest BCUT2D eigenvalue weighted by atomic mass is 35.5. The van der Waals surface area contributed by atoms with Crippen molar-refractivity contribution in [2.45, 2.75) is 70.9 Å². The van der Waals surface area contributed by atoms with Gasteiger partial charge in [0, 0.05) is 25.6 Å². The second-order valence-electron chi connectivity index (χ2n) is 5.69. The summed E-state index contributed by atoms with van der Waals surface area (Å²) in [7, 11) is 0. The second kappa shape index (κ2) is 11.4. The molecule has 1 rings (SSSR count). The number of hydrogen-bond donors (Lipinski definition) is 2. The fraction of sp³-hybridized carbons (Fsp3) is 0.933. The third kappa shape index (κ3) is 8.08. The predicted molar refractivity (Wildman–Crippen MR) is 85.1 cm³/mol. The molecule has 0 bridgehead atoms. The molecule has 0 aromatic carbocycles. The predicted octanol–water partition coefficient (Wildman–Crippen LogP) is 2.64. The quantitative estimate of drug-likeness (QED) is 0.688. The molecule has 1 aliphatic rings. The van der Waals surface area contributed by atoms with E-state index in [0.717, 1.165) is 26.0 Å². The number of carbonyl (C=O) groups excluding carboxylic acids is 1. The average molecular weight is 307 g/mol. The van der Waals surface area contributed by atoms with Crippen molar-refractivity contribution in [3.8, 4) is 0 Å². The Morgan fingerprint density at radius 2 is 2.00 bits per heavy atom. The van der Waals surface area contributed by atoms with Gasteiger partial charge in [-0.05, 0) is 45.4 Å². The maximum atomic E-state index is 11.6.